The molecule has 0 amide bonds. The third-order valence-corrected chi connectivity index (χ3v) is 11.4. The molecule has 0 aliphatic rings. The first-order valence-corrected chi connectivity index (χ1v) is 18.2. The highest BCUT2D eigenvalue weighted by Crippen LogP contribution is 2.28. The summed E-state index contributed by atoms with van der Waals surface area (Å²) in [6, 6.07) is 10.3. The van der Waals surface area contributed by atoms with Crippen molar-refractivity contribution in [3.8, 4) is 0 Å². The van der Waals surface area contributed by atoms with Crippen LogP contribution in [-0.4, -0.2) is 74.4 Å². The average molecular weight is 692 g/mol. The molecule has 44 heavy (non-hydrogen) atoms. The fourth-order valence-electron chi connectivity index (χ4n) is 3.71. The van der Waals surface area contributed by atoms with Crippen molar-refractivity contribution in [3.63, 3.8) is 0 Å². The Morgan fingerprint density at radius 1 is 0.750 bits per heavy atom. The van der Waals surface area contributed by atoms with Crippen LogP contribution in [0.1, 0.15) is 25.2 Å². The Balaban J connectivity index is 2.34. The lowest BCUT2D eigenvalue weighted by atomic mass is 10.4. The first kappa shape index (κ1) is 35.0. The van der Waals surface area contributed by atoms with E-state index in [1.165, 1.54) is 38.1 Å². The van der Waals surface area contributed by atoms with Gasteiger partial charge in [-0.1, -0.05) is 24.3 Å². The summed E-state index contributed by atoms with van der Waals surface area (Å²) in [6.45, 7) is 5.30. The number of sulfonamides is 2. The lowest BCUT2D eigenvalue weighted by molar-refractivity contribution is 0.0150. The predicted molar refractivity (Wildman–Crippen MR) is 156 cm³/mol. The van der Waals surface area contributed by atoms with Gasteiger partial charge in [-0.15, -0.1) is 8.87 Å². The smallest absolute Gasteiger partial charge is 0.291 e. The fraction of sp³-hybridized carbons (Fsp3) is 0.292. The molecule has 0 atom stereocenters. The van der Waals surface area contributed by atoms with Crippen molar-refractivity contribution in [3.05, 3.63) is 66.0 Å². The molecule has 0 fully saturated rings. The van der Waals surface area contributed by atoms with Gasteiger partial charge in [-0.25, -0.2) is 9.97 Å². The highest BCUT2D eigenvalue weighted by atomic mass is 32.2. The number of hydroxylamine groups is 1. The number of benzene rings is 2. The van der Waals surface area contributed by atoms with E-state index in [0.717, 1.165) is 31.4 Å². The third-order valence-electron chi connectivity index (χ3n) is 5.31. The summed E-state index contributed by atoms with van der Waals surface area (Å²) >= 11 is 0. The van der Waals surface area contributed by atoms with Crippen LogP contribution < -0.4 is 5.32 Å². The summed E-state index contributed by atoms with van der Waals surface area (Å²) in [5, 5.41) is 2.39. The predicted octanol–water partition coefficient (Wildman–Crippen LogP) is 1.95. The zero-order valence-electron chi connectivity index (χ0n) is 24.0. The van der Waals surface area contributed by atoms with Crippen LogP contribution in [-0.2, 0) is 53.5 Å². The van der Waals surface area contributed by atoms with Crippen LogP contribution in [0.15, 0.2) is 78.6 Å². The maximum atomic E-state index is 13.9. The molecule has 0 saturated carbocycles. The first-order chi connectivity index (χ1) is 20.5. The zero-order valence-corrected chi connectivity index (χ0v) is 27.3. The van der Waals surface area contributed by atoms with E-state index in [4.69, 9.17) is 13.2 Å². The Labute approximate surface area is 256 Å². The molecular weight excluding hydrogens is 663 g/mol. The molecule has 3 rings (SSSR count). The second kappa shape index (κ2) is 13.6. The van der Waals surface area contributed by atoms with Crippen LogP contribution in [0.2, 0.25) is 0 Å². The minimum absolute atomic E-state index is 0.00840. The van der Waals surface area contributed by atoms with E-state index in [-0.39, 0.29) is 23.6 Å². The highest BCUT2D eigenvalue weighted by Gasteiger charge is 2.37. The molecule has 16 nitrogen and oxygen atoms in total. The molecule has 240 valence electrons. The Kier molecular flexibility index (Phi) is 10.8. The average Bonchev–Trinajstić information content (AvgIpc) is 2.92. The van der Waals surface area contributed by atoms with Crippen LogP contribution in [0.25, 0.3) is 0 Å². The Morgan fingerprint density at radius 3 is 1.64 bits per heavy atom. The summed E-state index contributed by atoms with van der Waals surface area (Å²) in [6.07, 6.45) is 0. The second-order valence-electron chi connectivity index (χ2n) is 8.52. The molecule has 1 aromatic heterocycles. The maximum absolute atomic E-state index is 13.9. The second-order valence-corrected chi connectivity index (χ2v) is 15.0. The summed E-state index contributed by atoms with van der Waals surface area (Å²) in [5.74, 6) is -1.41. The fourth-order valence-corrected chi connectivity index (χ4v) is 9.28. The van der Waals surface area contributed by atoms with Gasteiger partial charge in [-0.3, -0.25) is 18.5 Å². The number of aryl methyl sites for hydroxylation is 2. The quantitative estimate of drug-likeness (QED) is 0.124. The van der Waals surface area contributed by atoms with Crippen molar-refractivity contribution >= 4 is 52.2 Å². The number of nitrogens with zero attached hydrogens (tertiary/aromatic N) is 4. The van der Waals surface area contributed by atoms with Crippen LogP contribution in [0, 0.1) is 13.8 Å². The number of nitrogens with one attached hydrogen (secondary N) is 1. The molecule has 1 heterocycles. The Bertz CT molecular complexity index is 1980. The molecule has 0 saturated heterocycles. The summed E-state index contributed by atoms with van der Waals surface area (Å²) in [5.41, 5.74) is 0.797. The van der Waals surface area contributed by atoms with Gasteiger partial charge in [0.25, 0.3) is 46.2 Å². The number of rotatable bonds is 12. The van der Waals surface area contributed by atoms with Crippen molar-refractivity contribution in [1.82, 2.24) is 14.4 Å². The van der Waals surface area contributed by atoms with E-state index in [1.54, 1.807) is 19.9 Å². The van der Waals surface area contributed by atoms with Crippen molar-refractivity contribution < 1.29 is 46.9 Å². The number of hydrogen-bond acceptors (Lipinski definition) is 13. The van der Waals surface area contributed by atoms with E-state index in [9.17, 15) is 33.7 Å². The molecule has 0 radical (unpaired) electrons. The lowest BCUT2D eigenvalue weighted by Gasteiger charge is -2.24. The first-order valence-electron chi connectivity index (χ1n) is 12.5. The van der Waals surface area contributed by atoms with Crippen LogP contribution >= 0.6 is 0 Å². The van der Waals surface area contributed by atoms with Crippen LogP contribution in [0.5, 0.6) is 0 Å². The standard InChI is InChI=1S/C24H29N5O11S4/c1-6-39-43(34,35)21-14-10-8-12-19(21)41(30,31)28-24(27-23-25-17(3)16-18(4)26-23)29(38-5)42(32,33)20-13-9-11-15-22(20)44(36,37)40-7-2/h8-16H,6-7H2,1-5H3,(H,25,26,27,28). The topological polar surface area (TPSA) is 218 Å². The van der Waals surface area contributed by atoms with Gasteiger partial charge in [0, 0.05) is 11.4 Å². The lowest BCUT2D eigenvalue weighted by Crippen LogP contribution is -2.41. The van der Waals surface area contributed by atoms with Crippen molar-refractivity contribution in [2.75, 3.05) is 25.6 Å². The summed E-state index contributed by atoms with van der Waals surface area (Å²) in [7, 11) is -18.6. The van der Waals surface area contributed by atoms with Crippen molar-refractivity contribution in [2.24, 2.45) is 4.40 Å². The van der Waals surface area contributed by atoms with Gasteiger partial charge in [0.05, 0.1) is 20.3 Å². The monoisotopic (exact) mass is 691 g/mol. The molecule has 3 aromatic rings. The number of anilines is 1. The molecular formula is C24H29N5O11S4. The van der Waals surface area contributed by atoms with Crippen LogP contribution in [0.4, 0.5) is 5.95 Å². The normalized spacial score (nSPS) is 13.1. The van der Waals surface area contributed by atoms with E-state index in [1.807, 2.05) is 0 Å². The van der Waals surface area contributed by atoms with Gasteiger partial charge < -0.3 is 0 Å². The van der Waals surface area contributed by atoms with Gasteiger partial charge in [-0.2, -0.15) is 33.7 Å². The van der Waals surface area contributed by atoms with Crippen molar-refractivity contribution in [1.29, 1.82) is 0 Å². The Hall–Kier alpha value is -3.53. The minimum atomic E-state index is -5.13. The van der Waals surface area contributed by atoms with E-state index >= 15 is 0 Å². The third kappa shape index (κ3) is 7.75. The van der Waals surface area contributed by atoms with Gasteiger partial charge in [-0.05, 0) is 58.0 Å². The molecule has 1 N–H and O–H groups in total. The molecule has 0 unspecified atom stereocenters. The zero-order chi connectivity index (χ0) is 32.9. The largest absolute Gasteiger partial charge is 0.298 e. The Morgan fingerprint density at radius 2 is 1.18 bits per heavy atom. The summed E-state index contributed by atoms with van der Waals surface area (Å²) in [4.78, 5) is 10.0. The number of aromatic nitrogens is 2. The molecule has 20 heteroatoms. The number of guanidine groups is 1. The molecule has 0 bridgehead atoms. The van der Waals surface area contributed by atoms with Gasteiger partial charge >= 0.3 is 0 Å². The number of hydrogen-bond donors (Lipinski definition) is 1. The van der Waals surface area contributed by atoms with E-state index < -0.39 is 65.8 Å². The van der Waals surface area contributed by atoms with Gasteiger partial charge in [0.2, 0.25) is 5.95 Å². The van der Waals surface area contributed by atoms with E-state index in [0.29, 0.717) is 11.4 Å². The summed E-state index contributed by atoms with van der Waals surface area (Å²) < 4.78 is 119. The molecule has 0 aliphatic heterocycles. The minimum Gasteiger partial charge on any atom is -0.291 e. The SMILES string of the molecule is CCOS(=O)(=O)c1ccccc1S(=O)(=O)N=C(Nc1nc(C)cc(C)n1)N(OC)S(=O)(=O)c1ccccc1S(=O)(=O)OCC. The van der Waals surface area contributed by atoms with E-state index in [2.05, 4.69) is 19.7 Å². The van der Waals surface area contributed by atoms with Gasteiger partial charge in [0.1, 0.15) is 19.6 Å². The molecule has 2 aromatic carbocycles. The maximum Gasteiger partial charge on any atom is 0.298 e. The van der Waals surface area contributed by atoms with Crippen LogP contribution in [0.3, 0.4) is 0 Å². The van der Waals surface area contributed by atoms with Gasteiger partial charge in [0.15, 0.2) is 0 Å². The highest BCUT2D eigenvalue weighted by molar-refractivity contribution is 7.93. The molecule has 0 spiro atoms. The van der Waals surface area contributed by atoms with Crippen molar-refractivity contribution in [2.45, 2.75) is 47.3 Å². The molecule has 0 aliphatic carbocycles.